The van der Waals surface area contributed by atoms with Crippen molar-refractivity contribution in [2.45, 2.75) is 57.5 Å². The van der Waals surface area contributed by atoms with Crippen LogP contribution in [0.15, 0.2) is 65.5 Å². The Hall–Kier alpha value is -3.60. The third-order valence-electron chi connectivity index (χ3n) is 7.24. The lowest BCUT2D eigenvalue weighted by Crippen LogP contribution is -2.35. The molecule has 0 unspecified atom stereocenters. The summed E-state index contributed by atoms with van der Waals surface area (Å²) in [5, 5.41) is 25.9. The minimum Gasteiger partial charge on any atom is -0.491 e. The smallest absolute Gasteiger partial charge is 0.198 e. The molecule has 5 rings (SSSR count). The van der Waals surface area contributed by atoms with Gasteiger partial charge < -0.3 is 26.0 Å². The number of aromatic nitrogens is 3. The maximum Gasteiger partial charge on any atom is 0.198 e. The van der Waals surface area contributed by atoms with Gasteiger partial charge in [-0.25, -0.2) is 15.0 Å². The highest BCUT2D eigenvalue weighted by atomic mass is 79.9. The number of nitrogens with two attached hydrogens (primary N) is 1. The lowest BCUT2D eigenvalue weighted by atomic mass is 9.95. The highest BCUT2D eigenvalue weighted by Crippen LogP contribution is 2.33. The second kappa shape index (κ2) is 11.9. The van der Waals surface area contributed by atoms with Gasteiger partial charge in [0.05, 0.1) is 33.8 Å². The van der Waals surface area contributed by atoms with E-state index in [1.807, 2.05) is 38.1 Å². The molecule has 4 aromatic rings. The third kappa shape index (κ3) is 6.09. The maximum absolute atomic E-state index is 13.3. The Labute approximate surface area is 241 Å². The highest BCUT2D eigenvalue weighted by molar-refractivity contribution is 9.10. The first-order valence-electron chi connectivity index (χ1n) is 13.3. The fourth-order valence-electron chi connectivity index (χ4n) is 5.16. The summed E-state index contributed by atoms with van der Waals surface area (Å²) in [6.45, 7) is 3.88. The molecule has 1 fully saturated rings. The molecule has 0 radical (unpaired) electrons. The van der Waals surface area contributed by atoms with E-state index in [2.05, 4.69) is 36.2 Å². The van der Waals surface area contributed by atoms with Crippen LogP contribution in [0.5, 0.6) is 5.75 Å². The van der Waals surface area contributed by atoms with Crippen molar-refractivity contribution in [1.82, 2.24) is 15.0 Å². The van der Waals surface area contributed by atoms with Gasteiger partial charge in [-0.05, 0) is 96.9 Å². The van der Waals surface area contributed by atoms with Gasteiger partial charge in [-0.1, -0.05) is 12.1 Å². The van der Waals surface area contributed by atoms with E-state index in [0.29, 0.717) is 47.8 Å². The molecule has 0 aliphatic heterocycles. The monoisotopic (exact) mass is 605 g/mol. The molecule has 9 nitrogen and oxygen atoms in total. The second-order valence-corrected chi connectivity index (χ2v) is 11.3. The number of nitrogens with one attached hydrogen (secondary N) is 1. The molecule has 2 aromatic carbocycles. The molecule has 0 saturated heterocycles. The van der Waals surface area contributed by atoms with Gasteiger partial charge in [0, 0.05) is 17.1 Å². The van der Waals surface area contributed by atoms with Crippen LogP contribution in [0, 0.1) is 5.92 Å². The summed E-state index contributed by atoms with van der Waals surface area (Å²) in [6, 6.07) is 14.4. The molecule has 0 bridgehead atoms. The number of fused-ring (bicyclic) bond motifs is 1. The molecule has 0 spiro atoms. The van der Waals surface area contributed by atoms with Crippen molar-refractivity contribution in [3.05, 3.63) is 82.2 Å². The topological polar surface area (TPSA) is 143 Å². The molecule has 208 valence electrons. The van der Waals surface area contributed by atoms with Gasteiger partial charge in [-0.15, -0.1) is 0 Å². The number of hydrogen-bond acceptors (Lipinski definition) is 9. The van der Waals surface area contributed by atoms with Crippen molar-refractivity contribution < 1.29 is 19.7 Å². The van der Waals surface area contributed by atoms with Crippen molar-refractivity contribution >= 4 is 44.3 Å². The summed E-state index contributed by atoms with van der Waals surface area (Å²) in [6.07, 6.45) is 2.84. The molecule has 1 aliphatic carbocycles. The van der Waals surface area contributed by atoms with Crippen LogP contribution < -0.4 is 15.8 Å². The van der Waals surface area contributed by atoms with Crippen LogP contribution in [0.3, 0.4) is 0 Å². The van der Waals surface area contributed by atoms with Gasteiger partial charge >= 0.3 is 0 Å². The highest BCUT2D eigenvalue weighted by Gasteiger charge is 2.41. The van der Waals surface area contributed by atoms with E-state index >= 15 is 0 Å². The summed E-state index contributed by atoms with van der Waals surface area (Å²) in [4.78, 5) is 26.1. The van der Waals surface area contributed by atoms with Crippen molar-refractivity contribution in [2.75, 3.05) is 11.1 Å². The minimum atomic E-state index is -1.01. The van der Waals surface area contributed by atoms with E-state index in [9.17, 15) is 15.0 Å². The van der Waals surface area contributed by atoms with Crippen LogP contribution in [0.25, 0.3) is 10.9 Å². The number of halogens is 1. The van der Waals surface area contributed by atoms with Crippen molar-refractivity contribution in [3.63, 3.8) is 0 Å². The number of anilines is 2. The molecule has 2 heterocycles. The van der Waals surface area contributed by atoms with Gasteiger partial charge in [0.1, 0.15) is 29.8 Å². The normalized spacial score (nSPS) is 20.6. The Bertz CT molecular complexity index is 1510. The minimum absolute atomic E-state index is 0.0310. The standard InChI is InChI=1S/C30H32BrN5O4/c1-16(2)40-21-9-7-18(8-10-21)26(37)22-14-33-15-34-30(22)36-25-13-20(27(38)28(25)39)6-4-17-3-5-19-12-23(31)29(32)35-24(19)11-17/h3,5,7-12,14-16,20,25,27-28,38-39H,4,6,13H2,1-2H3,(H2,32,35)(H,33,34,36)/t20-,25+,27+,28-/m0/s1. The molecule has 40 heavy (non-hydrogen) atoms. The van der Waals surface area contributed by atoms with Gasteiger partial charge in [0.25, 0.3) is 0 Å². The summed E-state index contributed by atoms with van der Waals surface area (Å²) >= 11 is 3.41. The van der Waals surface area contributed by atoms with Gasteiger partial charge in [-0.3, -0.25) is 4.79 Å². The number of aliphatic hydroxyl groups is 2. The number of carbonyl (C=O) groups excluding carboxylic acids is 1. The second-order valence-electron chi connectivity index (χ2n) is 10.5. The molecule has 0 amide bonds. The molecule has 1 saturated carbocycles. The number of aryl methyl sites for hydroxylation is 1. The molecule has 5 N–H and O–H groups in total. The number of pyridine rings is 1. The Kier molecular flexibility index (Phi) is 8.30. The first kappa shape index (κ1) is 27.9. The average Bonchev–Trinajstić information content (AvgIpc) is 3.20. The average molecular weight is 607 g/mol. The number of hydrogen-bond donors (Lipinski definition) is 4. The zero-order chi connectivity index (χ0) is 28.4. The zero-order valence-corrected chi connectivity index (χ0v) is 23.9. The predicted molar refractivity (Wildman–Crippen MR) is 157 cm³/mol. The quantitative estimate of drug-likeness (QED) is 0.202. The molecule has 1 aliphatic rings. The van der Waals surface area contributed by atoms with Gasteiger partial charge in [-0.2, -0.15) is 0 Å². The fraction of sp³-hybridized carbons (Fsp3) is 0.333. The van der Waals surface area contributed by atoms with E-state index in [-0.39, 0.29) is 17.8 Å². The number of ketones is 1. The van der Waals surface area contributed by atoms with Crippen LogP contribution >= 0.6 is 15.9 Å². The summed E-state index contributed by atoms with van der Waals surface area (Å²) in [5.74, 6) is 1.05. The number of rotatable bonds is 9. The van der Waals surface area contributed by atoms with E-state index < -0.39 is 18.2 Å². The molecule has 10 heteroatoms. The van der Waals surface area contributed by atoms with Crippen LogP contribution in [0.4, 0.5) is 11.6 Å². The first-order valence-corrected chi connectivity index (χ1v) is 14.1. The largest absolute Gasteiger partial charge is 0.491 e. The molecular formula is C30H32BrN5O4. The number of nitrogen functional groups attached to an aromatic ring is 1. The molecule has 2 aromatic heterocycles. The summed E-state index contributed by atoms with van der Waals surface area (Å²) in [5.41, 5.74) is 8.60. The lowest BCUT2D eigenvalue weighted by molar-refractivity contribution is 0.0158. The third-order valence-corrected chi connectivity index (χ3v) is 7.87. The van der Waals surface area contributed by atoms with E-state index in [1.54, 1.807) is 24.3 Å². The van der Waals surface area contributed by atoms with E-state index in [0.717, 1.165) is 20.9 Å². The maximum atomic E-state index is 13.3. The van der Waals surface area contributed by atoms with Crippen LogP contribution in [0.1, 0.15) is 48.2 Å². The molecular weight excluding hydrogens is 574 g/mol. The van der Waals surface area contributed by atoms with Crippen LogP contribution in [-0.2, 0) is 6.42 Å². The zero-order valence-electron chi connectivity index (χ0n) is 22.3. The van der Waals surface area contributed by atoms with Crippen molar-refractivity contribution in [2.24, 2.45) is 5.92 Å². The van der Waals surface area contributed by atoms with Crippen molar-refractivity contribution in [3.8, 4) is 5.75 Å². The van der Waals surface area contributed by atoms with Gasteiger partial charge in [0.15, 0.2) is 5.78 Å². The first-order chi connectivity index (χ1) is 19.2. The number of carbonyl (C=O) groups is 1. The van der Waals surface area contributed by atoms with Crippen LogP contribution in [-0.4, -0.2) is 55.3 Å². The lowest BCUT2D eigenvalue weighted by Gasteiger charge is -2.20. The number of ether oxygens (including phenoxy) is 1. The van der Waals surface area contributed by atoms with Crippen molar-refractivity contribution in [1.29, 1.82) is 0 Å². The number of nitrogens with zero attached hydrogens (tertiary/aromatic N) is 3. The summed E-state index contributed by atoms with van der Waals surface area (Å²) < 4.78 is 6.43. The fourth-order valence-corrected chi connectivity index (χ4v) is 5.50. The van der Waals surface area contributed by atoms with Crippen LogP contribution in [0.2, 0.25) is 0 Å². The Morgan fingerprint density at radius 3 is 2.67 bits per heavy atom. The molecule has 4 atom stereocenters. The Balaban J connectivity index is 1.26. The van der Waals surface area contributed by atoms with E-state index in [1.165, 1.54) is 12.5 Å². The Morgan fingerprint density at radius 1 is 1.15 bits per heavy atom. The predicted octanol–water partition coefficient (Wildman–Crippen LogP) is 4.54. The van der Waals surface area contributed by atoms with E-state index in [4.69, 9.17) is 10.5 Å². The number of aliphatic hydroxyl groups excluding tert-OH is 2. The Morgan fingerprint density at radius 2 is 1.93 bits per heavy atom. The van der Waals surface area contributed by atoms with Gasteiger partial charge in [0.2, 0.25) is 0 Å². The summed E-state index contributed by atoms with van der Waals surface area (Å²) in [7, 11) is 0. The SMILES string of the molecule is CC(C)Oc1ccc(C(=O)c2cncnc2N[C@@H]2C[C@H](CCc3ccc4cc(Br)c(N)nc4c3)[C@@H](O)[C@H]2O)cc1. The number of benzene rings is 2.